The molecule has 0 radical (unpaired) electrons. The van der Waals surface area contributed by atoms with Crippen molar-refractivity contribution in [3.8, 4) is 5.75 Å². The summed E-state index contributed by atoms with van der Waals surface area (Å²) in [5, 5.41) is 2.87. The predicted octanol–water partition coefficient (Wildman–Crippen LogP) is 2.59. The SMILES string of the molecule is CC(C)NS(=O)(=O)c1ccc(NC(=O)C(C)N2CCOc3ccccc3C2)cc1. The Morgan fingerprint density at radius 2 is 1.76 bits per heavy atom. The van der Waals surface area contributed by atoms with Crippen LogP contribution in [0.1, 0.15) is 26.3 Å². The van der Waals surface area contributed by atoms with Gasteiger partial charge in [0.1, 0.15) is 12.4 Å². The van der Waals surface area contributed by atoms with Crippen LogP contribution in [0.2, 0.25) is 0 Å². The third-order valence-corrected chi connectivity index (χ3v) is 6.41. The van der Waals surface area contributed by atoms with Crippen LogP contribution in [-0.2, 0) is 21.4 Å². The van der Waals surface area contributed by atoms with Crippen LogP contribution in [-0.4, -0.2) is 44.5 Å². The van der Waals surface area contributed by atoms with Crippen LogP contribution in [0.15, 0.2) is 53.4 Å². The van der Waals surface area contributed by atoms with Crippen LogP contribution in [0, 0.1) is 0 Å². The minimum atomic E-state index is -3.56. The monoisotopic (exact) mass is 417 g/mol. The normalized spacial score (nSPS) is 15.9. The summed E-state index contributed by atoms with van der Waals surface area (Å²) in [7, 11) is -3.56. The van der Waals surface area contributed by atoms with Crippen LogP contribution in [0.25, 0.3) is 0 Å². The topological polar surface area (TPSA) is 87.7 Å². The second-order valence-electron chi connectivity index (χ2n) is 7.39. The lowest BCUT2D eigenvalue weighted by molar-refractivity contribution is -0.121. The van der Waals surface area contributed by atoms with Gasteiger partial charge in [-0.25, -0.2) is 13.1 Å². The number of benzene rings is 2. The molecule has 0 saturated carbocycles. The van der Waals surface area contributed by atoms with E-state index < -0.39 is 10.0 Å². The zero-order valence-corrected chi connectivity index (χ0v) is 17.7. The number of fused-ring (bicyclic) bond motifs is 1. The van der Waals surface area contributed by atoms with Crippen LogP contribution in [0.3, 0.4) is 0 Å². The van der Waals surface area contributed by atoms with Gasteiger partial charge in [0.2, 0.25) is 15.9 Å². The largest absolute Gasteiger partial charge is 0.492 e. The first-order valence-corrected chi connectivity index (χ1v) is 11.1. The number of amides is 1. The van der Waals surface area contributed by atoms with E-state index >= 15 is 0 Å². The van der Waals surface area contributed by atoms with Gasteiger partial charge in [0.15, 0.2) is 0 Å². The summed E-state index contributed by atoms with van der Waals surface area (Å²) >= 11 is 0. The van der Waals surface area contributed by atoms with Crippen molar-refractivity contribution in [3.63, 3.8) is 0 Å². The summed E-state index contributed by atoms with van der Waals surface area (Å²) in [6, 6.07) is 13.4. The molecular formula is C21H27N3O4S. The quantitative estimate of drug-likeness (QED) is 0.754. The maximum Gasteiger partial charge on any atom is 0.241 e. The molecule has 0 aliphatic carbocycles. The van der Waals surface area contributed by atoms with Crippen molar-refractivity contribution in [2.24, 2.45) is 0 Å². The lowest BCUT2D eigenvalue weighted by Gasteiger charge is -2.26. The summed E-state index contributed by atoms with van der Waals surface area (Å²) in [4.78, 5) is 15.0. The number of para-hydroxylation sites is 1. The van der Waals surface area contributed by atoms with Gasteiger partial charge in [0, 0.05) is 30.4 Å². The molecule has 2 aromatic carbocycles. The van der Waals surface area contributed by atoms with Gasteiger partial charge in [-0.05, 0) is 51.1 Å². The van der Waals surface area contributed by atoms with E-state index in [1.54, 1.807) is 26.0 Å². The molecule has 29 heavy (non-hydrogen) atoms. The molecule has 0 aromatic heterocycles. The number of nitrogens with zero attached hydrogens (tertiary/aromatic N) is 1. The number of hydrogen-bond acceptors (Lipinski definition) is 5. The van der Waals surface area contributed by atoms with E-state index in [9.17, 15) is 13.2 Å². The van der Waals surface area contributed by atoms with E-state index in [4.69, 9.17) is 4.74 Å². The summed E-state index contributed by atoms with van der Waals surface area (Å²) in [5.74, 6) is 0.703. The Bertz CT molecular complexity index is 958. The second-order valence-corrected chi connectivity index (χ2v) is 9.11. The zero-order chi connectivity index (χ0) is 21.0. The van der Waals surface area contributed by atoms with E-state index in [0.29, 0.717) is 25.4 Å². The number of ether oxygens (including phenoxy) is 1. The number of anilines is 1. The third kappa shape index (κ3) is 5.35. The Hall–Kier alpha value is -2.42. The van der Waals surface area contributed by atoms with Crippen LogP contribution in [0.5, 0.6) is 5.75 Å². The molecule has 0 fully saturated rings. The summed E-state index contributed by atoms with van der Waals surface area (Å²) in [6.45, 7) is 7.17. The van der Waals surface area contributed by atoms with Crippen LogP contribution < -0.4 is 14.8 Å². The van der Waals surface area contributed by atoms with Gasteiger partial charge in [-0.1, -0.05) is 18.2 Å². The molecule has 8 heteroatoms. The maximum absolute atomic E-state index is 12.7. The Morgan fingerprint density at radius 1 is 1.07 bits per heavy atom. The highest BCUT2D eigenvalue weighted by Crippen LogP contribution is 2.24. The molecule has 1 heterocycles. The number of hydrogen-bond donors (Lipinski definition) is 2. The molecule has 7 nitrogen and oxygen atoms in total. The second kappa shape index (κ2) is 8.94. The number of sulfonamides is 1. The van der Waals surface area contributed by atoms with E-state index in [2.05, 4.69) is 14.9 Å². The average molecular weight is 418 g/mol. The van der Waals surface area contributed by atoms with Gasteiger partial charge in [-0.2, -0.15) is 0 Å². The minimum Gasteiger partial charge on any atom is -0.492 e. The fourth-order valence-corrected chi connectivity index (χ4v) is 4.44. The van der Waals surface area contributed by atoms with Crippen molar-refractivity contribution in [2.45, 2.75) is 44.3 Å². The highest BCUT2D eigenvalue weighted by atomic mass is 32.2. The Kier molecular flexibility index (Phi) is 6.56. The first-order chi connectivity index (χ1) is 13.8. The van der Waals surface area contributed by atoms with Gasteiger partial charge < -0.3 is 10.1 Å². The lowest BCUT2D eigenvalue weighted by Crippen LogP contribution is -2.42. The molecule has 3 rings (SSSR count). The smallest absolute Gasteiger partial charge is 0.241 e. The number of rotatable bonds is 6. The minimum absolute atomic E-state index is 0.153. The standard InChI is InChI=1S/C21H27N3O4S/c1-15(2)23-29(26,27)19-10-8-18(9-11-19)22-21(25)16(3)24-12-13-28-20-7-5-4-6-17(20)14-24/h4-11,15-16,23H,12-14H2,1-3H3,(H,22,25). The van der Waals surface area contributed by atoms with Gasteiger partial charge in [-0.3, -0.25) is 9.69 Å². The molecule has 0 spiro atoms. The number of nitrogens with one attached hydrogen (secondary N) is 2. The first kappa shape index (κ1) is 21.3. The lowest BCUT2D eigenvalue weighted by atomic mass is 10.1. The molecule has 2 aromatic rings. The first-order valence-electron chi connectivity index (χ1n) is 9.64. The molecular weight excluding hydrogens is 390 g/mol. The van der Waals surface area contributed by atoms with E-state index in [-0.39, 0.29) is 22.9 Å². The Labute approximate surface area is 172 Å². The zero-order valence-electron chi connectivity index (χ0n) is 16.9. The molecule has 1 amide bonds. The fraction of sp³-hybridized carbons (Fsp3) is 0.381. The van der Waals surface area contributed by atoms with Gasteiger partial charge in [-0.15, -0.1) is 0 Å². The fourth-order valence-electron chi connectivity index (χ4n) is 3.18. The van der Waals surface area contributed by atoms with Gasteiger partial charge in [0.25, 0.3) is 0 Å². The van der Waals surface area contributed by atoms with Crippen molar-refractivity contribution in [1.82, 2.24) is 9.62 Å². The van der Waals surface area contributed by atoms with Gasteiger partial charge >= 0.3 is 0 Å². The molecule has 0 saturated heterocycles. The molecule has 0 bridgehead atoms. The van der Waals surface area contributed by atoms with Crippen molar-refractivity contribution < 1.29 is 17.9 Å². The molecule has 1 unspecified atom stereocenters. The van der Waals surface area contributed by atoms with Gasteiger partial charge in [0.05, 0.1) is 10.9 Å². The van der Waals surface area contributed by atoms with Crippen molar-refractivity contribution >= 4 is 21.6 Å². The highest BCUT2D eigenvalue weighted by Gasteiger charge is 2.25. The summed E-state index contributed by atoms with van der Waals surface area (Å²) in [5.41, 5.74) is 1.61. The molecule has 1 atom stereocenters. The van der Waals surface area contributed by atoms with Crippen molar-refractivity contribution in [1.29, 1.82) is 0 Å². The molecule has 1 aliphatic heterocycles. The van der Waals surface area contributed by atoms with E-state index in [1.165, 1.54) is 12.1 Å². The highest BCUT2D eigenvalue weighted by molar-refractivity contribution is 7.89. The van der Waals surface area contributed by atoms with Crippen LogP contribution in [0.4, 0.5) is 5.69 Å². The number of carbonyl (C=O) groups excluding carboxylic acids is 1. The van der Waals surface area contributed by atoms with E-state index in [1.807, 2.05) is 31.2 Å². The Balaban J connectivity index is 1.65. The molecule has 1 aliphatic rings. The van der Waals surface area contributed by atoms with Crippen LogP contribution >= 0.6 is 0 Å². The van der Waals surface area contributed by atoms with E-state index in [0.717, 1.165) is 11.3 Å². The third-order valence-electron chi connectivity index (χ3n) is 4.73. The Morgan fingerprint density at radius 3 is 2.45 bits per heavy atom. The van der Waals surface area contributed by atoms with Crippen molar-refractivity contribution in [3.05, 3.63) is 54.1 Å². The molecule has 156 valence electrons. The number of carbonyl (C=O) groups is 1. The maximum atomic E-state index is 12.7. The summed E-state index contributed by atoms with van der Waals surface area (Å²) in [6.07, 6.45) is 0. The summed E-state index contributed by atoms with van der Waals surface area (Å²) < 4.78 is 32.7. The van der Waals surface area contributed by atoms with Crippen molar-refractivity contribution in [2.75, 3.05) is 18.5 Å². The average Bonchev–Trinajstić information content (AvgIpc) is 2.89. The molecule has 2 N–H and O–H groups in total. The predicted molar refractivity (Wildman–Crippen MR) is 112 cm³/mol.